The maximum atomic E-state index is 11.4. The van der Waals surface area contributed by atoms with Gasteiger partial charge in [-0.3, -0.25) is 9.80 Å². The summed E-state index contributed by atoms with van der Waals surface area (Å²) in [6, 6.07) is 0.0655. The van der Waals surface area contributed by atoms with Gasteiger partial charge in [0.2, 0.25) is 0 Å². The monoisotopic (exact) mass is 261 g/mol. The Morgan fingerprint density at radius 2 is 2.22 bits per heavy atom. The molecule has 1 aromatic heterocycles. The van der Waals surface area contributed by atoms with Crippen LogP contribution in [-0.2, 0) is 9.53 Å². The van der Waals surface area contributed by atoms with Crippen LogP contribution in [0.2, 0.25) is 0 Å². The van der Waals surface area contributed by atoms with Crippen LogP contribution in [0.5, 0.6) is 0 Å². The lowest BCUT2D eigenvalue weighted by Gasteiger charge is -2.35. The van der Waals surface area contributed by atoms with E-state index in [2.05, 4.69) is 0 Å². The molecule has 0 aromatic carbocycles. The summed E-state index contributed by atoms with van der Waals surface area (Å²) < 4.78 is 9.90. The molecule has 0 spiro atoms. The van der Waals surface area contributed by atoms with Crippen LogP contribution in [0.4, 0.5) is 0 Å². The van der Waals surface area contributed by atoms with Crippen LogP contribution in [0.1, 0.15) is 27.2 Å². The first-order valence-corrected chi connectivity index (χ1v) is 5.89. The van der Waals surface area contributed by atoms with Gasteiger partial charge in [-0.2, -0.15) is 4.63 Å². The molecular weight excluding hydrogens is 242 g/mol. The third-order valence-corrected chi connectivity index (χ3v) is 2.77. The molecule has 0 amide bonds. The summed E-state index contributed by atoms with van der Waals surface area (Å²) in [6.45, 7) is 5.97. The van der Waals surface area contributed by atoms with Gasteiger partial charge in [0.15, 0.2) is 0 Å². The number of ether oxygens (including phenoxy) is 1. The lowest BCUT2D eigenvalue weighted by molar-refractivity contribution is -0.168. The number of rotatable bonds is 5. The van der Waals surface area contributed by atoms with Gasteiger partial charge >= 0.3 is 5.97 Å². The fourth-order valence-corrected chi connectivity index (χ4v) is 1.44. The third kappa shape index (κ3) is 2.63. The van der Waals surface area contributed by atoms with Gasteiger partial charge in [0.1, 0.15) is 5.02 Å². The minimum absolute atomic E-state index is 0.0655. The van der Waals surface area contributed by atoms with Crippen LogP contribution in [0.25, 0.3) is 0 Å². The van der Waals surface area contributed by atoms with Gasteiger partial charge in [0.05, 0.1) is 23.0 Å². The maximum Gasteiger partial charge on any atom is 0.314 e. The van der Waals surface area contributed by atoms with E-state index >= 15 is 0 Å². The summed E-state index contributed by atoms with van der Waals surface area (Å²) in [4.78, 5) is 17.9. The van der Waals surface area contributed by atoms with E-state index in [-0.39, 0.29) is 25.4 Å². The van der Waals surface area contributed by atoms with Gasteiger partial charge in [-0.15, -0.1) is 0 Å². The summed E-state index contributed by atoms with van der Waals surface area (Å²) in [7, 11) is 0. The zero-order chi connectivity index (χ0) is 13.3. The van der Waals surface area contributed by atoms with E-state index in [0.717, 1.165) is 18.0 Å². The number of hydrogen-bond acceptors (Lipinski definition) is 6. The Bertz CT molecular complexity index is 397. The number of aliphatic hydroxyl groups excluding tert-OH is 1. The number of carbonyl (C=O) groups is 1. The van der Waals surface area contributed by atoms with E-state index in [1.807, 2.05) is 5.01 Å². The molecule has 0 bridgehead atoms. The number of hydrogen-bond donors (Lipinski definition) is 1. The maximum absolute atomic E-state index is 11.4. The Labute approximate surface area is 104 Å². The Morgan fingerprint density at radius 3 is 2.72 bits per heavy atom. The molecule has 1 aromatic rings. The Morgan fingerprint density at radius 1 is 1.50 bits per heavy atom. The summed E-state index contributed by atoms with van der Waals surface area (Å²) >= 11 is 0. The van der Waals surface area contributed by atoms with Gasteiger partial charge in [0.25, 0.3) is 6.79 Å². The van der Waals surface area contributed by atoms with E-state index < -0.39 is 5.41 Å². The number of aromatic nitrogens is 2. The van der Waals surface area contributed by atoms with Gasteiger partial charge in [-0.05, 0) is 27.2 Å². The molecule has 1 N–H and O–H groups in total. The van der Waals surface area contributed by atoms with E-state index in [1.54, 1.807) is 20.8 Å². The molecule has 0 saturated carbocycles. The molecule has 0 aliphatic carbocycles. The summed E-state index contributed by atoms with van der Waals surface area (Å²) in [6.07, 6.45) is 0.920. The second-order valence-electron chi connectivity index (χ2n) is 5.29. The largest absolute Gasteiger partial charge is 0.425 e. The molecule has 1 aliphatic rings. The normalized spacial score (nSPS) is 19.8. The average molecular weight is 261 g/mol. The van der Waals surface area contributed by atoms with Crippen molar-refractivity contribution in [3.05, 3.63) is 0 Å². The van der Waals surface area contributed by atoms with Crippen molar-refractivity contribution >= 4 is 5.97 Å². The lowest BCUT2D eigenvalue weighted by atomic mass is 9.98. The summed E-state index contributed by atoms with van der Waals surface area (Å²) in [5.74, 6) is -0.340. The van der Waals surface area contributed by atoms with E-state index in [9.17, 15) is 4.79 Å². The van der Waals surface area contributed by atoms with Crippen molar-refractivity contribution in [1.82, 2.24) is 9.98 Å². The lowest BCUT2D eigenvalue weighted by Crippen LogP contribution is -2.55. The second-order valence-corrected chi connectivity index (χ2v) is 5.29. The van der Waals surface area contributed by atoms with Crippen molar-refractivity contribution in [2.24, 2.45) is 5.41 Å². The van der Waals surface area contributed by atoms with E-state index in [4.69, 9.17) is 19.3 Å². The van der Waals surface area contributed by atoms with Crippen LogP contribution < -0.4 is 9.85 Å². The molecular formula is C10H19N3O5. The smallest absolute Gasteiger partial charge is 0.314 e. The molecule has 1 unspecified atom stereocenters. The molecule has 18 heavy (non-hydrogen) atoms. The zero-order valence-electron chi connectivity index (χ0n) is 10.8. The Hall–Kier alpha value is -1.57. The van der Waals surface area contributed by atoms with Crippen LogP contribution in [0.3, 0.4) is 0 Å². The standard InChI is InChI=1S/C10H19N3O5/c1-10(2,3)9(15)16-7-17-13-12(18-13)11-5-4-8(11)6-14/h8,14H,4-7H2,1-3H3. The predicted octanol–water partition coefficient (Wildman–Crippen LogP) is -0.439. The number of esters is 1. The van der Waals surface area contributed by atoms with Crippen LogP contribution in [0.15, 0.2) is 4.63 Å². The van der Waals surface area contributed by atoms with Crippen molar-refractivity contribution in [3.63, 3.8) is 0 Å². The Kier molecular flexibility index (Phi) is 3.29. The molecule has 104 valence electrons. The highest BCUT2D eigenvalue weighted by atomic mass is 17.0. The fourth-order valence-electron chi connectivity index (χ4n) is 1.44. The molecule has 1 aliphatic heterocycles. The second kappa shape index (κ2) is 4.60. The van der Waals surface area contributed by atoms with E-state index in [0.29, 0.717) is 0 Å². The van der Waals surface area contributed by atoms with Crippen LogP contribution >= 0.6 is 0 Å². The van der Waals surface area contributed by atoms with Crippen LogP contribution in [-0.4, -0.2) is 47.0 Å². The third-order valence-electron chi connectivity index (χ3n) is 2.77. The molecule has 1 saturated heterocycles. The first kappa shape index (κ1) is 12.9. The van der Waals surface area contributed by atoms with Gasteiger partial charge in [-0.1, -0.05) is 0 Å². The highest BCUT2D eigenvalue weighted by molar-refractivity contribution is 5.75. The van der Waals surface area contributed by atoms with E-state index in [1.165, 1.54) is 4.96 Å². The molecule has 0 radical (unpaired) electrons. The molecule has 1 fully saturated rings. The predicted molar refractivity (Wildman–Crippen MR) is 60.3 cm³/mol. The quantitative estimate of drug-likeness (QED) is 0.571. The summed E-state index contributed by atoms with van der Waals surface area (Å²) in [5, 5.41) is 11.9. The van der Waals surface area contributed by atoms with Gasteiger partial charge in [-0.25, -0.2) is 0 Å². The van der Waals surface area contributed by atoms with Crippen molar-refractivity contribution in [2.75, 3.05) is 25.0 Å². The highest BCUT2D eigenvalue weighted by Gasteiger charge is 2.35. The van der Waals surface area contributed by atoms with Crippen molar-refractivity contribution in [1.29, 1.82) is 0 Å². The molecule has 1 atom stereocenters. The van der Waals surface area contributed by atoms with Gasteiger partial charge in [0, 0.05) is 6.54 Å². The first-order valence-electron chi connectivity index (χ1n) is 5.89. The molecule has 8 nitrogen and oxygen atoms in total. The number of aliphatic hydroxyl groups is 1. The van der Waals surface area contributed by atoms with Crippen molar-refractivity contribution in [2.45, 2.75) is 33.2 Å². The minimum Gasteiger partial charge on any atom is -0.425 e. The molecule has 2 rings (SSSR count). The summed E-state index contributed by atoms with van der Waals surface area (Å²) in [5.41, 5.74) is -0.553. The van der Waals surface area contributed by atoms with Crippen molar-refractivity contribution in [3.8, 4) is 0 Å². The zero-order valence-corrected chi connectivity index (χ0v) is 10.8. The molecule has 2 heterocycles. The average Bonchev–Trinajstić information content (AvgIpc) is 2.95. The topological polar surface area (TPSA) is 82.0 Å². The molecule has 8 heteroatoms. The van der Waals surface area contributed by atoms with Gasteiger partial charge < -0.3 is 14.7 Å². The minimum atomic E-state index is -0.553. The SMILES string of the molecule is CC(C)(C)C(=O)OCOn1on1N1CCC1CO. The first-order chi connectivity index (χ1) is 8.43. The van der Waals surface area contributed by atoms with Crippen molar-refractivity contribution < 1.29 is 24.1 Å². The fraction of sp³-hybridized carbons (Fsp3) is 0.900. The Balaban J connectivity index is 1.69. The number of carbonyl (C=O) groups excluding carboxylic acids is 1. The highest BCUT2D eigenvalue weighted by Crippen LogP contribution is 2.17. The number of nitrogens with zero attached hydrogens (tertiary/aromatic N) is 3. The van der Waals surface area contributed by atoms with Crippen LogP contribution in [0, 0.1) is 5.41 Å².